The minimum absolute atomic E-state index is 0.00428. The van der Waals surface area contributed by atoms with Gasteiger partial charge in [0.15, 0.2) is 0 Å². The maximum absolute atomic E-state index is 13.5. The first-order chi connectivity index (χ1) is 14.5. The molecule has 5 aromatic carbocycles. The molecule has 0 fully saturated rings. The van der Waals surface area contributed by atoms with Crippen LogP contribution in [0.2, 0.25) is 0 Å². The summed E-state index contributed by atoms with van der Waals surface area (Å²) in [5, 5.41) is 11.6. The second-order valence-corrected chi connectivity index (χ2v) is 9.48. The number of pyridine rings is 1. The van der Waals surface area contributed by atoms with Gasteiger partial charge in [0.1, 0.15) is 5.49 Å². The summed E-state index contributed by atoms with van der Waals surface area (Å²) in [6, 6.07) is 21.6. The largest absolute Gasteiger partial charge is 0.292 e. The number of hydrogen-bond acceptors (Lipinski definition) is 2. The summed E-state index contributed by atoms with van der Waals surface area (Å²) in [7, 11) is 0. The second-order valence-electron chi connectivity index (χ2n) is 9.48. The maximum Gasteiger partial charge on any atom is 0.260 e. The van der Waals surface area contributed by atoms with Crippen molar-refractivity contribution in [3.05, 3.63) is 76.5 Å². The highest BCUT2D eigenvalue weighted by Crippen LogP contribution is 2.42. The van der Waals surface area contributed by atoms with Crippen LogP contribution in [0.5, 0.6) is 0 Å². The van der Waals surface area contributed by atoms with Crippen LogP contribution in [0.25, 0.3) is 53.9 Å². The molecule has 0 amide bonds. The highest BCUT2D eigenvalue weighted by atomic mass is 16.1. The van der Waals surface area contributed by atoms with Crippen molar-refractivity contribution in [2.75, 3.05) is 6.54 Å². The van der Waals surface area contributed by atoms with Crippen molar-refractivity contribution < 1.29 is 0 Å². The molecule has 3 nitrogen and oxygen atoms in total. The van der Waals surface area contributed by atoms with Gasteiger partial charge in [0, 0.05) is 34.7 Å². The molecule has 0 bridgehead atoms. The highest BCUT2D eigenvalue weighted by molar-refractivity contribution is 6.36. The van der Waals surface area contributed by atoms with E-state index in [0.717, 1.165) is 28.2 Å². The van der Waals surface area contributed by atoms with Gasteiger partial charge < -0.3 is 0 Å². The zero-order valence-electron chi connectivity index (χ0n) is 17.0. The minimum Gasteiger partial charge on any atom is -0.292 e. The Morgan fingerprint density at radius 2 is 1.30 bits per heavy atom. The van der Waals surface area contributed by atoms with Crippen LogP contribution in [0.3, 0.4) is 0 Å². The van der Waals surface area contributed by atoms with Gasteiger partial charge in [-0.05, 0) is 49.8 Å². The van der Waals surface area contributed by atoms with E-state index in [1.54, 1.807) is 0 Å². The average Bonchev–Trinajstić information content (AvgIpc) is 2.75. The molecule has 0 N–H and O–H groups in total. The Morgan fingerprint density at radius 3 is 2.00 bits per heavy atom. The summed E-state index contributed by atoms with van der Waals surface area (Å²) in [6.45, 7) is 5.80. The lowest BCUT2D eigenvalue weighted by atomic mass is 9.87. The van der Waals surface area contributed by atoms with E-state index in [0.29, 0.717) is 6.54 Å². The highest BCUT2D eigenvalue weighted by Gasteiger charge is 2.26. The van der Waals surface area contributed by atoms with Crippen LogP contribution in [-0.2, 0) is 6.54 Å². The molecule has 30 heavy (non-hydrogen) atoms. The first-order valence-corrected chi connectivity index (χ1v) is 10.5. The molecule has 0 spiro atoms. The number of rotatable bonds is 0. The van der Waals surface area contributed by atoms with E-state index < -0.39 is 0 Å². The van der Waals surface area contributed by atoms with E-state index in [1.807, 2.05) is 10.6 Å². The van der Waals surface area contributed by atoms with Crippen LogP contribution < -0.4 is 11.0 Å². The number of hydrogen-bond donors (Lipinski definition) is 0. The van der Waals surface area contributed by atoms with Crippen molar-refractivity contribution in [1.29, 1.82) is 0 Å². The number of nitrogens with zero attached hydrogens (tertiary/aromatic N) is 2. The van der Waals surface area contributed by atoms with Crippen molar-refractivity contribution >= 4 is 53.9 Å². The fourth-order valence-electron chi connectivity index (χ4n) is 5.57. The molecule has 0 radical (unpaired) electrons. The molecule has 3 heteroatoms. The van der Waals surface area contributed by atoms with Crippen molar-refractivity contribution in [3.8, 4) is 0 Å². The number of benzene rings is 5. The van der Waals surface area contributed by atoms with E-state index >= 15 is 0 Å². The SMILES string of the molecule is CC1(C)CN=c2c3ccc4c5cccc6cccc(c7ccc(c(=O)n2C1)c3c74)c65. The predicted molar refractivity (Wildman–Crippen MR) is 125 cm³/mol. The summed E-state index contributed by atoms with van der Waals surface area (Å²) < 4.78 is 1.89. The van der Waals surface area contributed by atoms with Gasteiger partial charge in [-0.2, -0.15) is 0 Å². The quantitative estimate of drug-likeness (QED) is 0.252. The standard InChI is InChI=1S/C27H20N2O/c1-27(2)13-28-25-20-11-9-18-16-7-3-5-15-6-4-8-17(22(15)16)19-10-12-21(24(20)23(18)19)26(30)29(25)14-27/h3-12H,13-14H2,1-2H3. The topological polar surface area (TPSA) is 34.4 Å². The molecule has 1 aliphatic heterocycles. The van der Waals surface area contributed by atoms with Crippen LogP contribution in [0.15, 0.2) is 70.5 Å². The molecule has 6 aromatic rings. The lowest BCUT2D eigenvalue weighted by Gasteiger charge is -2.28. The molecule has 2 heterocycles. The molecule has 0 aliphatic carbocycles. The zero-order valence-corrected chi connectivity index (χ0v) is 17.0. The van der Waals surface area contributed by atoms with Gasteiger partial charge in [-0.15, -0.1) is 0 Å². The summed E-state index contributed by atoms with van der Waals surface area (Å²) in [5.41, 5.74) is 0.915. The fraction of sp³-hybridized carbons (Fsp3) is 0.185. The average molecular weight is 388 g/mol. The van der Waals surface area contributed by atoms with Crippen molar-refractivity contribution in [1.82, 2.24) is 4.57 Å². The minimum atomic E-state index is -0.00428. The molecule has 0 saturated carbocycles. The first kappa shape index (κ1) is 16.3. The Balaban J connectivity index is 1.82. The summed E-state index contributed by atoms with van der Waals surface area (Å²) in [5.74, 6) is 0. The van der Waals surface area contributed by atoms with Gasteiger partial charge in [0.2, 0.25) is 0 Å². The molecule has 1 aliphatic rings. The predicted octanol–water partition coefficient (Wildman–Crippen LogP) is 5.43. The Labute approximate surface area is 172 Å². The summed E-state index contributed by atoms with van der Waals surface area (Å²) in [6.07, 6.45) is 0. The lowest BCUT2D eigenvalue weighted by Crippen LogP contribution is -2.43. The van der Waals surface area contributed by atoms with Crippen LogP contribution >= 0.6 is 0 Å². The molecule has 0 unspecified atom stereocenters. The van der Waals surface area contributed by atoms with E-state index in [-0.39, 0.29) is 11.0 Å². The van der Waals surface area contributed by atoms with Crippen LogP contribution in [-0.4, -0.2) is 11.1 Å². The summed E-state index contributed by atoms with van der Waals surface area (Å²) in [4.78, 5) is 18.4. The molecular formula is C27H20N2O. The van der Waals surface area contributed by atoms with Gasteiger partial charge in [-0.1, -0.05) is 62.4 Å². The van der Waals surface area contributed by atoms with E-state index in [4.69, 9.17) is 4.99 Å². The third-order valence-corrected chi connectivity index (χ3v) is 6.86. The van der Waals surface area contributed by atoms with Crippen LogP contribution in [0.1, 0.15) is 13.8 Å². The smallest absolute Gasteiger partial charge is 0.260 e. The Morgan fingerprint density at radius 1 is 0.733 bits per heavy atom. The molecule has 0 saturated heterocycles. The third kappa shape index (κ3) is 1.86. The van der Waals surface area contributed by atoms with Gasteiger partial charge in [-0.25, -0.2) is 0 Å². The normalized spacial score (nSPS) is 16.1. The summed E-state index contributed by atoms with van der Waals surface area (Å²) >= 11 is 0. The molecule has 0 atom stereocenters. The zero-order chi connectivity index (χ0) is 20.2. The fourth-order valence-corrected chi connectivity index (χ4v) is 5.57. The van der Waals surface area contributed by atoms with E-state index in [1.165, 1.54) is 37.7 Å². The van der Waals surface area contributed by atoms with Crippen molar-refractivity contribution in [2.24, 2.45) is 10.4 Å². The van der Waals surface area contributed by atoms with Crippen molar-refractivity contribution in [3.63, 3.8) is 0 Å². The van der Waals surface area contributed by atoms with Gasteiger partial charge >= 0.3 is 0 Å². The Hall–Kier alpha value is -3.46. The number of aromatic nitrogens is 1. The molecular weight excluding hydrogens is 368 g/mol. The van der Waals surface area contributed by atoms with E-state index in [9.17, 15) is 4.79 Å². The van der Waals surface area contributed by atoms with Crippen molar-refractivity contribution in [2.45, 2.75) is 20.4 Å². The van der Waals surface area contributed by atoms with E-state index in [2.05, 4.69) is 68.4 Å². The van der Waals surface area contributed by atoms with Crippen LogP contribution in [0, 0.1) is 5.41 Å². The maximum atomic E-state index is 13.5. The molecule has 1 aromatic heterocycles. The number of fused-ring (bicyclic) bond motifs is 4. The van der Waals surface area contributed by atoms with Gasteiger partial charge in [0.05, 0.1) is 0 Å². The van der Waals surface area contributed by atoms with Gasteiger partial charge in [-0.3, -0.25) is 14.4 Å². The monoisotopic (exact) mass is 388 g/mol. The molecule has 144 valence electrons. The second kappa shape index (κ2) is 5.17. The first-order valence-electron chi connectivity index (χ1n) is 10.5. The third-order valence-electron chi connectivity index (χ3n) is 6.86. The van der Waals surface area contributed by atoms with Crippen LogP contribution in [0.4, 0.5) is 0 Å². The van der Waals surface area contributed by atoms with Gasteiger partial charge in [0.25, 0.3) is 5.56 Å². The molecule has 7 rings (SSSR count). The lowest BCUT2D eigenvalue weighted by molar-refractivity contribution is 0.285. The Bertz CT molecular complexity index is 1740. The Kier molecular flexibility index (Phi) is 2.82.